The molecule has 4 aromatic rings. The van der Waals surface area contributed by atoms with Crippen LogP contribution in [0.2, 0.25) is 0 Å². The maximum Gasteiger partial charge on any atom is 0.0544 e. The second-order valence-electron chi connectivity index (χ2n) is 4.57. The number of fused-ring (bicyclic) bond motifs is 1. The van der Waals surface area contributed by atoms with Crippen LogP contribution in [0.15, 0.2) is 33.7 Å². The van der Waals surface area contributed by atoms with E-state index in [4.69, 9.17) is 12.8 Å². The van der Waals surface area contributed by atoms with Gasteiger partial charge in [-0.3, -0.25) is 0 Å². The van der Waals surface area contributed by atoms with Gasteiger partial charge < -0.3 is 0 Å². The van der Waals surface area contributed by atoms with E-state index in [0.29, 0.717) is 0 Å². The molecule has 0 radical (unpaired) electrons. The fourth-order valence-corrected chi connectivity index (χ4v) is 6.83. The SMILES string of the molecule is C#Cc1ccsc1-c1csc2c(-c3sccc3C#C)csc12. The van der Waals surface area contributed by atoms with Crippen molar-refractivity contribution in [2.75, 3.05) is 0 Å². The van der Waals surface area contributed by atoms with Gasteiger partial charge in [-0.2, -0.15) is 0 Å². The molecule has 0 aliphatic carbocycles. The lowest BCUT2D eigenvalue weighted by Gasteiger charge is -1.95. The molecule has 0 nitrogen and oxygen atoms in total. The molecule has 0 aliphatic rings. The zero-order valence-electron chi connectivity index (χ0n) is 11.3. The molecule has 4 heterocycles. The quantitative estimate of drug-likeness (QED) is 0.367. The van der Waals surface area contributed by atoms with E-state index >= 15 is 0 Å². The number of rotatable bonds is 2. The summed E-state index contributed by atoms with van der Waals surface area (Å²) < 4.78 is 2.60. The van der Waals surface area contributed by atoms with Crippen molar-refractivity contribution in [2.45, 2.75) is 0 Å². The van der Waals surface area contributed by atoms with Crippen LogP contribution in [-0.2, 0) is 0 Å². The smallest absolute Gasteiger partial charge is 0.0544 e. The van der Waals surface area contributed by atoms with E-state index < -0.39 is 0 Å². The van der Waals surface area contributed by atoms with Gasteiger partial charge in [0.1, 0.15) is 0 Å². The molecule has 0 bridgehead atoms. The normalized spacial score (nSPS) is 10.6. The Morgan fingerprint density at radius 3 is 1.55 bits per heavy atom. The van der Waals surface area contributed by atoms with Crippen LogP contribution in [0.1, 0.15) is 11.1 Å². The Morgan fingerprint density at radius 2 is 1.14 bits per heavy atom. The zero-order chi connectivity index (χ0) is 15.1. The number of hydrogen-bond acceptors (Lipinski definition) is 4. The highest BCUT2D eigenvalue weighted by atomic mass is 32.1. The van der Waals surface area contributed by atoms with Gasteiger partial charge in [0.15, 0.2) is 0 Å². The third kappa shape index (κ3) is 1.97. The first-order valence-corrected chi connectivity index (χ1v) is 9.93. The Morgan fingerprint density at radius 1 is 0.682 bits per heavy atom. The second-order valence-corrected chi connectivity index (χ2v) is 8.16. The predicted molar refractivity (Wildman–Crippen MR) is 102 cm³/mol. The number of thiophene rings is 4. The van der Waals surface area contributed by atoms with Crippen molar-refractivity contribution < 1.29 is 0 Å². The van der Waals surface area contributed by atoms with Crippen LogP contribution in [0.3, 0.4) is 0 Å². The number of terminal acetylenes is 2. The van der Waals surface area contributed by atoms with Gasteiger partial charge in [0, 0.05) is 33.0 Å². The highest BCUT2D eigenvalue weighted by Crippen LogP contribution is 2.47. The summed E-state index contributed by atoms with van der Waals surface area (Å²) in [6.07, 6.45) is 11.2. The molecular formula is C18H8S4. The van der Waals surface area contributed by atoms with Crippen LogP contribution in [-0.4, -0.2) is 0 Å². The van der Waals surface area contributed by atoms with Gasteiger partial charge in [0.2, 0.25) is 0 Å². The Kier molecular flexibility index (Phi) is 3.41. The highest BCUT2D eigenvalue weighted by Gasteiger charge is 2.18. The summed E-state index contributed by atoms with van der Waals surface area (Å²) in [5.41, 5.74) is 4.44. The zero-order valence-corrected chi connectivity index (χ0v) is 14.5. The average molecular weight is 353 g/mol. The summed E-state index contributed by atoms with van der Waals surface area (Å²) >= 11 is 6.94. The van der Waals surface area contributed by atoms with Gasteiger partial charge in [-0.25, -0.2) is 0 Å². The minimum absolute atomic E-state index is 0.972. The molecule has 0 unspecified atom stereocenters. The van der Waals surface area contributed by atoms with Crippen molar-refractivity contribution in [3.05, 3.63) is 44.8 Å². The summed E-state index contributed by atoms with van der Waals surface area (Å²) in [5.74, 6) is 5.55. The molecule has 0 saturated heterocycles. The lowest BCUT2D eigenvalue weighted by Crippen LogP contribution is -1.73. The van der Waals surface area contributed by atoms with Crippen LogP contribution < -0.4 is 0 Å². The molecule has 22 heavy (non-hydrogen) atoms. The molecule has 0 aliphatic heterocycles. The first-order valence-electron chi connectivity index (χ1n) is 6.41. The number of hydrogen-bond donors (Lipinski definition) is 0. The van der Waals surface area contributed by atoms with E-state index in [-0.39, 0.29) is 0 Å². The molecule has 0 spiro atoms. The van der Waals surface area contributed by atoms with E-state index in [9.17, 15) is 0 Å². The van der Waals surface area contributed by atoms with Gasteiger partial charge in [-0.15, -0.1) is 58.2 Å². The third-order valence-electron chi connectivity index (χ3n) is 3.42. The monoisotopic (exact) mass is 352 g/mol. The molecule has 4 aromatic heterocycles. The van der Waals surface area contributed by atoms with Crippen LogP contribution >= 0.6 is 45.3 Å². The lowest BCUT2D eigenvalue weighted by atomic mass is 10.1. The molecule has 0 saturated carbocycles. The largest absolute Gasteiger partial charge is 0.142 e. The predicted octanol–water partition coefficient (Wildman–Crippen LogP) is 6.38. The van der Waals surface area contributed by atoms with Gasteiger partial charge in [0.25, 0.3) is 0 Å². The second kappa shape index (κ2) is 5.43. The van der Waals surface area contributed by atoms with Crippen LogP contribution in [0.4, 0.5) is 0 Å². The molecule has 104 valence electrons. The van der Waals surface area contributed by atoms with Gasteiger partial charge in [-0.05, 0) is 22.9 Å². The Hall–Kier alpha value is -1.82. The Bertz CT molecular complexity index is 967. The van der Waals surface area contributed by atoms with Crippen molar-refractivity contribution in [2.24, 2.45) is 0 Å². The summed E-state index contributed by atoms with van der Waals surface area (Å²) in [4.78, 5) is 2.37. The Labute approximate surface area is 144 Å². The molecule has 0 aromatic carbocycles. The van der Waals surface area contributed by atoms with Crippen molar-refractivity contribution in [1.29, 1.82) is 0 Å². The standard InChI is InChI=1S/C18H8S4/c1-3-11-5-7-19-15(11)13-9-21-18-14(10-22-17(13)18)16-12(4-2)6-8-20-16/h1-2,5-10H. The van der Waals surface area contributed by atoms with Gasteiger partial charge >= 0.3 is 0 Å². The van der Waals surface area contributed by atoms with Crippen LogP contribution in [0.5, 0.6) is 0 Å². The van der Waals surface area contributed by atoms with Crippen molar-refractivity contribution in [3.8, 4) is 45.6 Å². The molecule has 0 amide bonds. The first-order chi connectivity index (χ1) is 10.8. The maximum atomic E-state index is 5.61. The van der Waals surface area contributed by atoms with E-state index in [1.165, 1.54) is 30.3 Å². The fraction of sp³-hybridized carbons (Fsp3) is 0. The summed E-state index contributed by atoms with van der Waals surface area (Å²) in [6.45, 7) is 0. The first kappa shape index (κ1) is 13.8. The van der Waals surface area contributed by atoms with Crippen molar-refractivity contribution >= 4 is 54.7 Å². The summed E-state index contributed by atoms with van der Waals surface area (Å²) in [6, 6.07) is 4.02. The average Bonchev–Trinajstić information content (AvgIpc) is 3.28. The Balaban J connectivity index is 1.94. The van der Waals surface area contributed by atoms with E-state index in [0.717, 1.165) is 11.1 Å². The van der Waals surface area contributed by atoms with Gasteiger partial charge in [0.05, 0.1) is 19.2 Å². The minimum Gasteiger partial charge on any atom is -0.142 e. The lowest BCUT2D eigenvalue weighted by molar-refractivity contribution is 1.83. The summed E-state index contributed by atoms with van der Waals surface area (Å²) in [5, 5.41) is 8.53. The third-order valence-corrected chi connectivity index (χ3v) is 7.47. The van der Waals surface area contributed by atoms with Crippen LogP contribution in [0.25, 0.3) is 30.3 Å². The van der Waals surface area contributed by atoms with E-state index in [1.807, 2.05) is 12.1 Å². The van der Waals surface area contributed by atoms with Crippen molar-refractivity contribution in [1.82, 2.24) is 0 Å². The molecule has 4 heteroatoms. The molecule has 0 atom stereocenters. The fourth-order valence-electron chi connectivity index (χ4n) is 2.40. The van der Waals surface area contributed by atoms with Gasteiger partial charge in [-0.1, -0.05) is 11.8 Å². The molecular weight excluding hydrogens is 344 g/mol. The summed E-state index contributed by atoms with van der Waals surface area (Å²) in [7, 11) is 0. The molecule has 4 rings (SSSR count). The molecule has 0 N–H and O–H groups in total. The van der Waals surface area contributed by atoms with Crippen molar-refractivity contribution in [3.63, 3.8) is 0 Å². The minimum atomic E-state index is 0.972. The van der Waals surface area contributed by atoms with Crippen LogP contribution in [0, 0.1) is 24.7 Å². The topological polar surface area (TPSA) is 0 Å². The van der Waals surface area contributed by atoms with E-state index in [1.54, 1.807) is 45.3 Å². The van der Waals surface area contributed by atoms with E-state index in [2.05, 4.69) is 33.4 Å². The molecule has 0 fully saturated rings. The maximum absolute atomic E-state index is 5.61. The highest BCUT2D eigenvalue weighted by molar-refractivity contribution is 7.29.